The fourth-order valence-corrected chi connectivity index (χ4v) is 4.33. The Balaban J connectivity index is 1.15. The van der Waals surface area contributed by atoms with Gasteiger partial charge in [0.05, 0.1) is 11.4 Å². The summed E-state index contributed by atoms with van der Waals surface area (Å²) in [5, 5.41) is 7.68. The molecule has 0 unspecified atom stereocenters. The van der Waals surface area contributed by atoms with Crippen molar-refractivity contribution in [1.29, 1.82) is 0 Å². The number of ether oxygens (including phenoxy) is 2. The fraction of sp³-hybridized carbons (Fsp3) is 0.545. The summed E-state index contributed by atoms with van der Waals surface area (Å²) in [5.41, 5.74) is 3.11. The first-order chi connectivity index (χ1) is 14.7. The third kappa shape index (κ3) is 3.96. The summed E-state index contributed by atoms with van der Waals surface area (Å²) in [7, 11) is 1.91. The van der Waals surface area contributed by atoms with Crippen molar-refractivity contribution in [3.05, 3.63) is 35.7 Å². The van der Waals surface area contributed by atoms with Crippen LogP contribution in [0.3, 0.4) is 0 Å². The van der Waals surface area contributed by atoms with Gasteiger partial charge in [-0.05, 0) is 30.5 Å². The molecule has 1 N–H and O–H groups in total. The summed E-state index contributed by atoms with van der Waals surface area (Å²) < 4.78 is 13.1. The summed E-state index contributed by atoms with van der Waals surface area (Å²) in [6.07, 6.45) is 5.50. The number of anilines is 1. The van der Waals surface area contributed by atoms with Gasteiger partial charge in [0.2, 0.25) is 0 Å². The molecule has 1 saturated heterocycles. The van der Waals surface area contributed by atoms with Gasteiger partial charge in [-0.1, -0.05) is 12.5 Å². The van der Waals surface area contributed by atoms with Crippen LogP contribution in [0.2, 0.25) is 0 Å². The van der Waals surface area contributed by atoms with Gasteiger partial charge in [0.25, 0.3) is 0 Å². The Hall–Kier alpha value is -2.74. The van der Waals surface area contributed by atoms with Gasteiger partial charge < -0.3 is 19.7 Å². The van der Waals surface area contributed by atoms with Gasteiger partial charge in [0, 0.05) is 51.9 Å². The van der Waals surface area contributed by atoms with E-state index >= 15 is 0 Å². The van der Waals surface area contributed by atoms with E-state index in [4.69, 9.17) is 9.47 Å². The Bertz CT molecular complexity index is 915. The first kappa shape index (κ1) is 19.2. The Labute approximate surface area is 176 Å². The number of aryl methyl sites for hydroxylation is 1. The van der Waals surface area contributed by atoms with Crippen LogP contribution in [0, 0.1) is 0 Å². The van der Waals surface area contributed by atoms with Crippen molar-refractivity contribution in [2.75, 3.05) is 44.7 Å². The third-order valence-corrected chi connectivity index (χ3v) is 6.26. The zero-order valence-electron chi connectivity index (χ0n) is 17.5. The van der Waals surface area contributed by atoms with Crippen molar-refractivity contribution in [3.8, 4) is 11.5 Å². The molecule has 2 fully saturated rings. The number of piperazine rings is 1. The van der Waals surface area contributed by atoms with Crippen LogP contribution in [0.25, 0.3) is 0 Å². The quantitative estimate of drug-likeness (QED) is 0.838. The molecule has 1 aromatic carbocycles. The maximum atomic E-state index is 12.8. The summed E-state index contributed by atoms with van der Waals surface area (Å²) in [6.45, 7) is 5.20. The Morgan fingerprint density at radius 1 is 1.13 bits per heavy atom. The second-order valence-corrected chi connectivity index (χ2v) is 8.40. The van der Waals surface area contributed by atoms with Crippen LogP contribution in [-0.4, -0.2) is 65.0 Å². The van der Waals surface area contributed by atoms with Crippen molar-refractivity contribution in [1.82, 2.24) is 19.6 Å². The van der Waals surface area contributed by atoms with Gasteiger partial charge in [-0.3, -0.25) is 9.58 Å². The average Bonchev–Trinajstić information content (AvgIpc) is 3.06. The molecule has 1 aliphatic carbocycles. The van der Waals surface area contributed by atoms with Crippen LogP contribution < -0.4 is 14.8 Å². The molecule has 0 bridgehead atoms. The SMILES string of the molecule is Cn1cc(NC(=O)N2CCN(Cc3ccc4c(c3)OCCO4)CC2)c(C2CCC2)n1. The Morgan fingerprint density at radius 3 is 2.63 bits per heavy atom. The number of hydrogen-bond donors (Lipinski definition) is 1. The molecule has 2 amide bonds. The first-order valence-electron chi connectivity index (χ1n) is 10.9. The third-order valence-electron chi connectivity index (χ3n) is 6.26. The second kappa shape index (κ2) is 8.18. The van der Waals surface area contributed by atoms with E-state index in [9.17, 15) is 4.79 Å². The lowest BCUT2D eigenvalue weighted by Crippen LogP contribution is -2.49. The van der Waals surface area contributed by atoms with Gasteiger partial charge in [0.1, 0.15) is 13.2 Å². The van der Waals surface area contributed by atoms with E-state index in [1.165, 1.54) is 24.8 Å². The molecule has 160 valence electrons. The molecule has 5 rings (SSSR count). The molecule has 2 aromatic rings. The summed E-state index contributed by atoms with van der Waals surface area (Å²) in [4.78, 5) is 17.1. The summed E-state index contributed by atoms with van der Waals surface area (Å²) in [5.74, 6) is 2.14. The van der Waals surface area contributed by atoms with Crippen molar-refractivity contribution in [2.24, 2.45) is 7.05 Å². The number of urea groups is 1. The van der Waals surface area contributed by atoms with Crippen LogP contribution in [-0.2, 0) is 13.6 Å². The number of aromatic nitrogens is 2. The average molecular weight is 412 g/mol. The lowest BCUT2D eigenvalue weighted by atomic mass is 9.82. The zero-order chi connectivity index (χ0) is 20.5. The predicted octanol–water partition coefficient (Wildman–Crippen LogP) is 2.81. The van der Waals surface area contributed by atoms with E-state index in [0.29, 0.717) is 19.1 Å². The second-order valence-electron chi connectivity index (χ2n) is 8.40. The Morgan fingerprint density at radius 2 is 1.90 bits per heavy atom. The number of carbonyl (C=O) groups excluding carboxylic acids is 1. The molecule has 0 atom stereocenters. The van der Waals surface area contributed by atoms with Crippen LogP contribution >= 0.6 is 0 Å². The summed E-state index contributed by atoms with van der Waals surface area (Å²) >= 11 is 0. The van der Waals surface area contributed by atoms with Gasteiger partial charge >= 0.3 is 6.03 Å². The van der Waals surface area contributed by atoms with Crippen LogP contribution in [0.4, 0.5) is 10.5 Å². The minimum atomic E-state index is -0.0254. The first-order valence-corrected chi connectivity index (χ1v) is 10.9. The van der Waals surface area contributed by atoms with Gasteiger partial charge in [0.15, 0.2) is 11.5 Å². The smallest absolute Gasteiger partial charge is 0.322 e. The molecule has 30 heavy (non-hydrogen) atoms. The topological polar surface area (TPSA) is 71.9 Å². The number of hydrogen-bond acceptors (Lipinski definition) is 5. The fourth-order valence-electron chi connectivity index (χ4n) is 4.33. The van der Waals surface area contributed by atoms with Gasteiger partial charge in [-0.25, -0.2) is 4.79 Å². The van der Waals surface area contributed by atoms with Crippen molar-refractivity contribution < 1.29 is 14.3 Å². The highest BCUT2D eigenvalue weighted by Gasteiger charge is 2.28. The van der Waals surface area contributed by atoms with Gasteiger partial charge in [-0.15, -0.1) is 0 Å². The van der Waals surface area contributed by atoms with E-state index in [0.717, 1.165) is 55.6 Å². The number of nitrogens with zero attached hydrogens (tertiary/aromatic N) is 4. The number of amides is 2. The minimum Gasteiger partial charge on any atom is -0.486 e. The molecule has 2 aliphatic heterocycles. The molecule has 1 saturated carbocycles. The van der Waals surface area contributed by atoms with E-state index in [2.05, 4.69) is 27.4 Å². The highest BCUT2D eigenvalue weighted by molar-refractivity contribution is 5.90. The maximum absolute atomic E-state index is 12.8. The summed E-state index contributed by atoms with van der Waals surface area (Å²) in [6, 6.07) is 6.12. The normalized spacial score (nSPS) is 19.4. The van der Waals surface area contributed by atoms with Crippen molar-refractivity contribution in [2.45, 2.75) is 31.7 Å². The lowest BCUT2D eigenvalue weighted by molar-refractivity contribution is 0.142. The largest absolute Gasteiger partial charge is 0.486 e. The monoisotopic (exact) mass is 411 g/mol. The van der Waals surface area contributed by atoms with E-state index in [1.807, 2.05) is 24.2 Å². The maximum Gasteiger partial charge on any atom is 0.322 e. The predicted molar refractivity (Wildman–Crippen MR) is 113 cm³/mol. The molecule has 8 nitrogen and oxygen atoms in total. The van der Waals surface area contributed by atoms with Crippen LogP contribution in [0.5, 0.6) is 11.5 Å². The molecule has 0 radical (unpaired) electrons. The van der Waals surface area contributed by atoms with Gasteiger partial charge in [-0.2, -0.15) is 5.10 Å². The molecule has 8 heteroatoms. The van der Waals surface area contributed by atoms with Crippen LogP contribution in [0.1, 0.15) is 36.4 Å². The Kier molecular flexibility index (Phi) is 5.25. The molecular formula is C22H29N5O3. The number of benzene rings is 1. The molecule has 1 aromatic heterocycles. The number of carbonyl (C=O) groups is 1. The number of fused-ring (bicyclic) bond motifs is 1. The van der Waals surface area contributed by atoms with E-state index in [-0.39, 0.29) is 6.03 Å². The number of nitrogens with one attached hydrogen (secondary N) is 1. The molecule has 3 heterocycles. The zero-order valence-corrected chi connectivity index (χ0v) is 17.5. The standard InChI is InChI=1S/C22H29N5O3/c1-25-15-18(21(24-25)17-3-2-4-17)23-22(28)27-9-7-26(8-10-27)14-16-5-6-19-20(13-16)30-12-11-29-19/h5-6,13,15,17H,2-4,7-12,14H2,1H3,(H,23,28). The lowest BCUT2D eigenvalue weighted by Gasteiger charge is -2.35. The molecular weight excluding hydrogens is 382 g/mol. The van der Waals surface area contributed by atoms with Crippen molar-refractivity contribution in [3.63, 3.8) is 0 Å². The van der Waals surface area contributed by atoms with E-state index < -0.39 is 0 Å². The molecule has 3 aliphatic rings. The van der Waals surface area contributed by atoms with Crippen LogP contribution in [0.15, 0.2) is 24.4 Å². The highest BCUT2D eigenvalue weighted by Crippen LogP contribution is 2.39. The number of rotatable bonds is 4. The minimum absolute atomic E-state index is 0.0254. The molecule has 0 spiro atoms. The van der Waals surface area contributed by atoms with E-state index in [1.54, 1.807) is 4.68 Å². The highest BCUT2D eigenvalue weighted by atomic mass is 16.6. The van der Waals surface area contributed by atoms with Crippen molar-refractivity contribution >= 4 is 11.7 Å².